The molecule has 0 saturated heterocycles. The van der Waals surface area contributed by atoms with Crippen molar-refractivity contribution in [1.82, 2.24) is 0 Å². The Balaban J connectivity index is 1.62. The molecule has 3 rings (SSSR count). The highest BCUT2D eigenvalue weighted by Gasteiger charge is 2.05. The smallest absolute Gasteiger partial charge is 0.138 e. The van der Waals surface area contributed by atoms with Crippen LogP contribution in [0.15, 0.2) is 60.7 Å². The molecule has 0 spiro atoms. The van der Waals surface area contributed by atoms with Gasteiger partial charge in [0.15, 0.2) is 0 Å². The Morgan fingerprint density at radius 3 is 2.42 bits per heavy atom. The number of halogens is 3. The molecule has 0 radical (unpaired) electrons. The van der Waals surface area contributed by atoms with E-state index in [0.29, 0.717) is 34.0 Å². The van der Waals surface area contributed by atoms with E-state index in [9.17, 15) is 0 Å². The Kier molecular flexibility index (Phi) is 6.31. The number of anilines is 1. The Morgan fingerprint density at radius 2 is 1.65 bits per heavy atom. The van der Waals surface area contributed by atoms with Crippen LogP contribution in [-0.4, -0.2) is 0 Å². The van der Waals surface area contributed by atoms with Gasteiger partial charge in [-0.05, 0) is 60.0 Å². The molecule has 0 unspecified atom stereocenters. The van der Waals surface area contributed by atoms with Gasteiger partial charge in [0.1, 0.15) is 12.4 Å². The van der Waals surface area contributed by atoms with Crippen molar-refractivity contribution < 1.29 is 4.74 Å². The van der Waals surface area contributed by atoms with E-state index in [4.69, 9.17) is 39.5 Å². The van der Waals surface area contributed by atoms with Crippen LogP contribution in [0.4, 0.5) is 5.69 Å². The second kappa shape index (κ2) is 8.68. The lowest BCUT2D eigenvalue weighted by Gasteiger charge is -2.12. The third-order valence-electron chi connectivity index (χ3n) is 3.96. The first-order valence-electron chi connectivity index (χ1n) is 8.17. The first kappa shape index (κ1) is 18.9. The minimum Gasteiger partial charge on any atom is -0.487 e. The first-order valence-corrected chi connectivity index (χ1v) is 9.30. The fourth-order valence-corrected chi connectivity index (χ4v) is 3.18. The SMILES string of the molecule is Cc1ccc(Cl)cc1NCc1ccc(OCc2cccc(Cl)c2)c(Cl)c1. The van der Waals surface area contributed by atoms with E-state index < -0.39 is 0 Å². The highest BCUT2D eigenvalue weighted by molar-refractivity contribution is 6.32. The van der Waals surface area contributed by atoms with Gasteiger partial charge in [-0.1, -0.05) is 59.1 Å². The van der Waals surface area contributed by atoms with Crippen molar-refractivity contribution in [3.63, 3.8) is 0 Å². The summed E-state index contributed by atoms with van der Waals surface area (Å²) in [6.45, 7) is 3.10. The topological polar surface area (TPSA) is 21.3 Å². The zero-order valence-electron chi connectivity index (χ0n) is 14.2. The fourth-order valence-electron chi connectivity index (χ4n) is 2.54. The van der Waals surface area contributed by atoms with Gasteiger partial charge in [0.2, 0.25) is 0 Å². The highest BCUT2D eigenvalue weighted by atomic mass is 35.5. The summed E-state index contributed by atoms with van der Waals surface area (Å²) >= 11 is 18.4. The predicted molar refractivity (Wildman–Crippen MR) is 111 cm³/mol. The molecule has 0 aromatic heterocycles. The molecule has 0 atom stereocenters. The van der Waals surface area contributed by atoms with Gasteiger partial charge < -0.3 is 10.1 Å². The summed E-state index contributed by atoms with van der Waals surface area (Å²) in [6, 6.07) is 19.1. The van der Waals surface area contributed by atoms with Crippen LogP contribution in [0.2, 0.25) is 15.1 Å². The largest absolute Gasteiger partial charge is 0.487 e. The maximum atomic E-state index is 6.37. The fraction of sp³-hybridized carbons (Fsp3) is 0.143. The number of nitrogens with one attached hydrogen (secondary N) is 1. The molecular weight excluding hydrogens is 389 g/mol. The lowest BCUT2D eigenvalue weighted by Crippen LogP contribution is -2.02. The quantitative estimate of drug-likeness (QED) is 0.469. The molecule has 0 fully saturated rings. The minimum atomic E-state index is 0.416. The van der Waals surface area contributed by atoms with Gasteiger partial charge >= 0.3 is 0 Å². The molecule has 3 aromatic rings. The van der Waals surface area contributed by atoms with Gasteiger partial charge in [0, 0.05) is 22.3 Å². The molecule has 0 amide bonds. The second-order valence-electron chi connectivity index (χ2n) is 6.00. The maximum Gasteiger partial charge on any atom is 0.138 e. The third kappa shape index (κ3) is 5.07. The van der Waals surface area contributed by atoms with Crippen molar-refractivity contribution in [2.75, 3.05) is 5.32 Å². The molecule has 5 heteroatoms. The summed E-state index contributed by atoms with van der Waals surface area (Å²) in [7, 11) is 0. The van der Waals surface area contributed by atoms with Gasteiger partial charge in [-0.15, -0.1) is 0 Å². The van der Waals surface area contributed by atoms with Crippen LogP contribution in [0.25, 0.3) is 0 Å². The van der Waals surface area contributed by atoms with Crippen LogP contribution in [0.5, 0.6) is 5.75 Å². The Bertz CT molecular complexity index is 912. The lowest BCUT2D eigenvalue weighted by atomic mass is 10.1. The van der Waals surface area contributed by atoms with Gasteiger partial charge in [0.25, 0.3) is 0 Å². The van der Waals surface area contributed by atoms with Crippen molar-refractivity contribution in [3.8, 4) is 5.75 Å². The Labute approximate surface area is 168 Å². The molecule has 0 heterocycles. The van der Waals surface area contributed by atoms with Crippen molar-refractivity contribution >= 4 is 40.5 Å². The molecule has 1 N–H and O–H groups in total. The zero-order chi connectivity index (χ0) is 18.5. The molecule has 3 aromatic carbocycles. The third-order valence-corrected chi connectivity index (χ3v) is 4.73. The highest BCUT2D eigenvalue weighted by Crippen LogP contribution is 2.27. The van der Waals surface area contributed by atoms with E-state index in [0.717, 1.165) is 22.4 Å². The Hall–Kier alpha value is -1.87. The molecular formula is C21H18Cl3NO. The van der Waals surface area contributed by atoms with E-state index >= 15 is 0 Å². The van der Waals surface area contributed by atoms with Crippen LogP contribution in [0.1, 0.15) is 16.7 Å². The number of ether oxygens (including phenoxy) is 1. The van der Waals surface area contributed by atoms with Crippen LogP contribution >= 0.6 is 34.8 Å². The van der Waals surface area contributed by atoms with Crippen molar-refractivity contribution in [2.45, 2.75) is 20.1 Å². The van der Waals surface area contributed by atoms with Gasteiger partial charge in [-0.2, -0.15) is 0 Å². The summed E-state index contributed by atoms with van der Waals surface area (Å²) in [6.07, 6.45) is 0. The van der Waals surface area contributed by atoms with Crippen LogP contribution in [0.3, 0.4) is 0 Å². The summed E-state index contributed by atoms with van der Waals surface area (Å²) in [5.74, 6) is 0.648. The van der Waals surface area contributed by atoms with Crippen molar-refractivity contribution in [2.24, 2.45) is 0 Å². The van der Waals surface area contributed by atoms with Gasteiger partial charge in [0.05, 0.1) is 5.02 Å². The van der Waals surface area contributed by atoms with Gasteiger partial charge in [-0.3, -0.25) is 0 Å². The van der Waals surface area contributed by atoms with Crippen molar-refractivity contribution in [3.05, 3.63) is 92.4 Å². The van der Waals surface area contributed by atoms with E-state index in [-0.39, 0.29) is 0 Å². The zero-order valence-corrected chi connectivity index (χ0v) is 16.5. The molecule has 0 bridgehead atoms. The maximum absolute atomic E-state index is 6.37. The van der Waals surface area contributed by atoms with Gasteiger partial charge in [-0.25, -0.2) is 0 Å². The monoisotopic (exact) mass is 405 g/mol. The number of hydrogen-bond donors (Lipinski definition) is 1. The summed E-state index contributed by atoms with van der Waals surface area (Å²) in [5, 5.41) is 5.36. The molecule has 0 aliphatic heterocycles. The summed E-state index contributed by atoms with van der Waals surface area (Å²) < 4.78 is 5.80. The molecule has 2 nitrogen and oxygen atoms in total. The normalized spacial score (nSPS) is 10.6. The average molecular weight is 407 g/mol. The van der Waals surface area contributed by atoms with Crippen LogP contribution in [0, 0.1) is 6.92 Å². The molecule has 0 saturated carbocycles. The summed E-state index contributed by atoms with van der Waals surface area (Å²) in [4.78, 5) is 0. The predicted octanol–water partition coefficient (Wildman–Crippen LogP) is 7.15. The molecule has 134 valence electrons. The standard InChI is InChI=1S/C21H18Cl3NO/c1-14-5-7-18(23)11-20(14)25-12-15-6-8-21(19(24)10-15)26-13-16-3-2-4-17(22)9-16/h2-11,25H,12-13H2,1H3. The van der Waals surface area contributed by atoms with E-state index in [2.05, 4.69) is 5.32 Å². The summed E-state index contributed by atoms with van der Waals surface area (Å²) in [5.41, 5.74) is 4.21. The van der Waals surface area contributed by atoms with E-state index in [1.807, 2.05) is 67.6 Å². The average Bonchev–Trinajstić information content (AvgIpc) is 2.62. The molecule has 26 heavy (non-hydrogen) atoms. The van der Waals surface area contributed by atoms with Crippen LogP contribution in [-0.2, 0) is 13.2 Å². The number of hydrogen-bond acceptors (Lipinski definition) is 2. The van der Waals surface area contributed by atoms with Crippen LogP contribution < -0.4 is 10.1 Å². The minimum absolute atomic E-state index is 0.416. The number of benzene rings is 3. The Morgan fingerprint density at radius 1 is 0.846 bits per heavy atom. The number of rotatable bonds is 6. The number of aryl methyl sites for hydroxylation is 1. The lowest BCUT2D eigenvalue weighted by molar-refractivity contribution is 0.306. The first-order chi connectivity index (χ1) is 12.5. The van der Waals surface area contributed by atoms with Crippen molar-refractivity contribution in [1.29, 1.82) is 0 Å². The molecule has 0 aliphatic rings. The second-order valence-corrected chi connectivity index (χ2v) is 7.28. The molecule has 0 aliphatic carbocycles. The van der Waals surface area contributed by atoms with E-state index in [1.165, 1.54) is 0 Å². The van der Waals surface area contributed by atoms with E-state index in [1.54, 1.807) is 0 Å².